The first-order valence-electron chi connectivity index (χ1n) is 6.97. The molecule has 7 nitrogen and oxygen atoms in total. The van der Waals surface area contributed by atoms with Crippen LogP contribution in [0.4, 0.5) is 0 Å². The number of imidazole rings is 1. The molecule has 0 saturated heterocycles. The fourth-order valence-electron chi connectivity index (χ4n) is 2.18. The van der Waals surface area contributed by atoms with Crippen LogP contribution in [0.1, 0.15) is 16.2 Å². The van der Waals surface area contributed by atoms with Gasteiger partial charge in [-0.25, -0.2) is 9.97 Å². The molecule has 1 atom stereocenters. The van der Waals surface area contributed by atoms with Crippen LogP contribution in [-0.2, 0) is 6.42 Å². The first-order valence-corrected chi connectivity index (χ1v) is 6.97. The van der Waals surface area contributed by atoms with Gasteiger partial charge < -0.3 is 14.8 Å². The SMILES string of the molecule is O=C(NC[C@@H](CO)Cc1ccco1)c1cn2cccnc2n1. The van der Waals surface area contributed by atoms with E-state index >= 15 is 0 Å². The van der Waals surface area contributed by atoms with E-state index in [4.69, 9.17) is 4.42 Å². The molecule has 0 radical (unpaired) electrons. The summed E-state index contributed by atoms with van der Waals surface area (Å²) in [6.07, 6.45) is 7.18. The Morgan fingerprint density at radius 2 is 2.36 bits per heavy atom. The molecule has 114 valence electrons. The molecule has 3 aromatic rings. The van der Waals surface area contributed by atoms with Gasteiger partial charge in [-0.1, -0.05) is 0 Å². The van der Waals surface area contributed by atoms with Gasteiger partial charge in [-0.15, -0.1) is 0 Å². The van der Waals surface area contributed by atoms with Crippen molar-refractivity contribution in [2.24, 2.45) is 5.92 Å². The molecule has 0 aliphatic heterocycles. The molecule has 0 bridgehead atoms. The number of rotatable bonds is 6. The summed E-state index contributed by atoms with van der Waals surface area (Å²) in [5.74, 6) is 0.862. The Hall–Kier alpha value is -2.67. The zero-order valence-electron chi connectivity index (χ0n) is 11.8. The number of aliphatic hydroxyl groups excluding tert-OH is 1. The summed E-state index contributed by atoms with van der Waals surface area (Å²) in [7, 11) is 0. The number of aliphatic hydroxyl groups is 1. The van der Waals surface area contributed by atoms with Crippen LogP contribution in [0, 0.1) is 5.92 Å². The summed E-state index contributed by atoms with van der Waals surface area (Å²) in [4.78, 5) is 20.3. The summed E-state index contributed by atoms with van der Waals surface area (Å²) < 4.78 is 6.93. The first-order chi connectivity index (χ1) is 10.8. The van der Waals surface area contributed by atoms with Gasteiger partial charge in [-0.3, -0.25) is 9.20 Å². The minimum Gasteiger partial charge on any atom is -0.469 e. The minimum absolute atomic E-state index is 0.0340. The van der Waals surface area contributed by atoms with Gasteiger partial charge in [0.25, 0.3) is 5.91 Å². The minimum atomic E-state index is -0.289. The molecule has 3 rings (SSSR count). The van der Waals surface area contributed by atoms with E-state index in [2.05, 4.69) is 15.3 Å². The van der Waals surface area contributed by atoms with Crippen LogP contribution in [0.15, 0.2) is 47.5 Å². The molecule has 0 unspecified atom stereocenters. The van der Waals surface area contributed by atoms with Gasteiger partial charge in [0, 0.05) is 44.1 Å². The molecule has 22 heavy (non-hydrogen) atoms. The normalized spacial score (nSPS) is 12.4. The average Bonchev–Trinajstić information content (AvgIpc) is 3.19. The van der Waals surface area contributed by atoms with Gasteiger partial charge in [-0.2, -0.15) is 0 Å². The second kappa shape index (κ2) is 6.40. The highest BCUT2D eigenvalue weighted by molar-refractivity contribution is 5.92. The van der Waals surface area contributed by atoms with Crippen molar-refractivity contribution in [3.8, 4) is 0 Å². The van der Waals surface area contributed by atoms with Crippen LogP contribution in [0.25, 0.3) is 5.78 Å². The Morgan fingerprint density at radius 1 is 1.45 bits per heavy atom. The maximum Gasteiger partial charge on any atom is 0.271 e. The first kappa shape index (κ1) is 14.3. The van der Waals surface area contributed by atoms with Gasteiger partial charge in [0.1, 0.15) is 11.5 Å². The summed E-state index contributed by atoms with van der Waals surface area (Å²) in [6.45, 7) is 0.311. The van der Waals surface area contributed by atoms with E-state index in [9.17, 15) is 9.90 Å². The molecule has 0 fully saturated rings. The molecular formula is C15H16N4O3. The third-order valence-electron chi connectivity index (χ3n) is 3.35. The zero-order valence-corrected chi connectivity index (χ0v) is 11.8. The van der Waals surface area contributed by atoms with Crippen LogP contribution in [0.5, 0.6) is 0 Å². The fourth-order valence-corrected chi connectivity index (χ4v) is 2.18. The lowest BCUT2D eigenvalue weighted by Crippen LogP contribution is -2.32. The van der Waals surface area contributed by atoms with Crippen molar-refractivity contribution < 1.29 is 14.3 Å². The van der Waals surface area contributed by atoms with E-state index in [1.165, 1.54) is 0 Å². The molecule has 0 aliphatic rings. The van der Waals surface area contributed by atoms with Crippen molar-refractivity contribution in [2.45, 2.75) is 6.42 Å². The summed E-state index contributed by atoms with van der Waals surface area (Å²) >= 11 is 0. The maximum atomic E-state index is 12.1. The van der Waals surface area contributed by atoms with E-state index in [0.29, 0.717) is 24.4 Å². The molecule has 7 heteroatoms. The second-order valence-electron chi connectivity index (χ2n) is 5.00. The second-order valence-corrected chi connectivity index (χ2v) is 5.00. The molecule has 0 spiro atoms. The van der Waals surface area contributed by atoms with Crippen molar-refractivity contribution in [3.05, 3.63) is 54.5 Å². The van der Waals surface area contributed by atoms with Crippen LogP contribution < -0.4 is 5.32 Å². The number of nitrogens with one attached hydrogen (secondary N) is 1. The molecule has 3 heterocycles. The van der Waals surface area contributed by atoms with Gasteiger partial charge in [0.15, 0.2) is 0 Å². The van der Waals surface area contributed by atoms with Crippen LogP contribution in [0.3, 0.4) is 0 Å². The number of amides is 1. The van der Waals surface area contributed by atoms with Crippen LogP contribution in [0.2, 0.25) is 0 Å². The van der Waals surface area contributed by atoms with Gasteiger partial charge in [0.2, 0.25) is 5.78 Å². The molecule has 0 saturated carbocycles. The average molecular weight is 300 g/mol. The Balaban J connectivity index is 1.61. The lowest BCUT2D eigenvalue weighted by Gasteiger charge is -2.13. The number of carbonyl (C=O) groups is 1. The number of hydrogen-bond donors (Lipinski definition) is 2. The summed E-state index contributed by atoms with van der Waals surface area (Å²) in [5, 5.41) is 12.2. The van der Waals surface area contributed by atoms with Crippen molar-refractivity contribution in [1.29, 1.82) is 0 Å². The number of fused-ring (bicyclic) bond motifs is 1. The van der Waals surface area contributed by atoms with E-state index in [1.807, 2.05) is 6.07 Å². The third-order valence-corrected chi connectivity index (χ3v) is 3.35. The number of aromatic nitrogens is 3. The molecule has 2 N–H and O–H groups in total. The Kier molecular flexibility index (Phi) is 4.15. The molecular weight excluding hydrogens is 284 g/mol. The maximum absolute atomic E-state index is 12.1. The van der Waals surface area contributed by atoms with Crippen molar-refractivity contribution in [1.82, 2.24) is 19.7 Å². The Bertz CT molecular complexity index is 718. The van der Waals surface area contributed by atoms with Gasteiger partial charge in [0.05, 0.1) is 6.26 Å². The fraction of sp³-hybridized carbons (Fsp3) is 0.267. The Labute approximate surface area is 126 Å². The highest BCUT2D eigenvalue weighted by Gasteiger charge is 2.15. The van der Waals surface area contributed by atoms with Crippen molar-refractivity contribution in [2.75, 3.05) is 13.2 Å². The van der Waals surface area contributed by atoms with E-state index < -0.39 is 0 Å². The molecule has 3 aromatic heterocycles. The van der Waals surface area contributed by atoms with E-state index in [-0.39, 0.29) is 18.4 Å². The lowest BCUT2D eigenvalue weighted by molar-refractivity contribution is 0.0934. The highest BCUT2D eigenvalue weighted by Crippen LogP contribution is 2.09. The third kappa shape index (κ3) is 3.15. The lowest BCUT2D eigenvalue weighted by atomic mass is 10.1. The quantitative estimate of drug-likeness (QED) is 0.705. The number of hydrogen-bond acceptors (Lipinski definition) is 5. The van der Waals surface area contributed by atoms with Crippen LogP contribution in [-0.4, -0.2) is 38.5 Å². The highest BCUT2D eigenvalue weighted by atomic mass is 16.3. The van der Waals surface area contributed by atoms with Crippen LogP contribution >= 0.6 is 0 Å². The molecule has 0 aliphatic carbocycles. The van der Waals surface area contributed by atoms with E-state index in [0.717, 1.165) is 5.76 Å². The molecule has 0 aromatic carbocycles. The predicted molar refractivity (Wildman–Crippen MR) is 78.3 cm³/mol. The van der Waals surface area contributed by atoms with Crippen molar-refractivity contribution >= 4 is 11.7 Å². The summed E-state index contributed by atoms with van der Waals surface area (Å²) in [6, 6.07) is 5.41. The monoisotopic (exact) mass is 300 g/mol. The zero-order chi connectivity index (χ0) is 15.4. The number of furan rings is 1. The smallest absolute Gasteiger partial charge is 0.271 e. The predicted octanol–water partition coefficient (Wildman–Crippen LogP) is 0.903. The number of nitrogens with zero attached hydrogens (tertiary/aromatic N) is 3. The van der Waals surface area contributed by atoms with E-state index in [1.54, 1.807) is 41.4 Å². The van der Waals surface area contributed by atoms with Crippen molar-refractivity contribution in [3.63, 3.8) is 0 Å². The topological polar surface area (TPSA) is 92.7 Å². The largest absolute Gasteiger partial charge is 0.469 e. The Morgan fingerprint density at radius 3 is 3.09 bits per heavy atom. The number of carbonyl (C=O) groups excluding carboxylic acids is 1. The summed E-state index contributed by atoms with van der Waals surface area (Å²) in [5.41, 5.74) is 0.299. The molecule has 1 amide bonds. The van der Waals surface area contributed by atoms with Gasteiger partial charge in [-0.05, 0) is 18.2 Å². The van der Waals surface area contributed by atoms with Gasteiger partial charge >= 0.3 is 0 Å². The standard InChI is InChI=1S/C15H16N4O3/c20-10-11(7-12-3-1-6-22-12)8-17-14(21)13-9-19-5-2-4-16-15(19)18-13/h1-6,9,11,20H,7-8,10H2,(H,17,21)/t11-/m0/s1.